The second kappa shape index (κ2) is 7.84. The zero-order chi connectivity index (χ0) is 21.3. The van der Waals surface area contributed by atoms with Gasteiger partial charge in [-0.3, -0.25) is 4.79 Å². The summed E-state index contributed by atoms with van der Waals surface area (Å²) in [4.78, 5) is 26.7. The lowest BCUT2D eigenvalue weighted by Crippen LogP contribution is -2.29. The van der Waals surface area contributed by atoms with Gasteiger partial charge in [-0.2, -0.15) is 0 Å². The van der Waals surface area contributed by atoms with Crippen LogP contribution in [0.1, 0.15) is 19.4 Å². The molecule has 1 fully saturated rings. The van der Waals surface area contributed by atoms with Crippen molar-refractivity contribution in [2.24, 2.45) is 0 Å². The molecular weight excluding hydrogens is 402 g/mol. The molecule has 1 aliphatic rings. The topological polar surface area (TPSA) is 55.8 Å². The number of cyclic esters (lactones) is 1. The normalized spacial score (nSPS) is 16.4. The number of nitrogens with zero attached hydrogens (tertiary/aromatic N) is 1. The highest BCUT2D eigenvalue weighted by Crippen LogP contribution is 2.28. The van der Waals surface area contributed by atoms with E-state index in [0.29, 0.717) is 17.3 Å². The molecule has 3 aromatic carbocycles. The Morgan fingerprint density at radius 3 is 2.37 bits per heavy atom. The fourth-order valence-corrected chi connectivity index (χ4v) is 3.44. The lowest BCUT2D eigenvalue weighted by Gasteiger charge is -2.22. The van der Waals surface area contributed by atoms with Gasteiger partial charge in [-0.1, -0.05) is 48.0 Å². The van der Waals surface area contributed by atoms with E-state index in [9.17, 15) is 9.59 Å². The van der Waals surface area contributed by atoms with Crippen LogP contribution in [0.15, 0.2) is 78.6 Å². The Balaban J connectivity index is 1.68. The number of hydrogen-bond acceptors (Lipinski definition) is 4. The summed E-state index contributed by atoms with van der Waals surface area (Å²) in [5.41, 5.74) is 1.60. The number of anilines is 1. The van der Waals surface area contributed by atoms with Crippen LogP contribution in [-0.2, 0) is 25.6 Å². The molecule has 0 atom stereocenters. The van der Waals surface area contributed by atoms with Crippen molar-refractivity contribution in [3.8, 4) is 0 Å². The first kappa shape index (κ1) is 20.0. The number of carbonyl (C=O) groups is 2. The van der Waals surface area contributed by atoms with Gasteiger partial charge in [0.15, 0.2) is 0 Å². The molecule has 0 aliphatic carbocycles. The van der Waals surface area contributed by atoms with Crippen LogP contribution in [0.5, 0.6) is 0 Å². The van der Waals surface area contributed by atoms with Crippen LogP contribution in [0, 0.1) is 0 Å². The highest BCUT2D eigenvalue weighted by atomic mass is 35.5. The van der Waals surface area contributed by atoms with Gasteiger partial charge in [0, 0.05) is 24.6 Å². The second-order valence-electron chi connectivity index (χ2n) is 7.48. The molecule has 0 N–H and O–H groups in total. The lowest BCUT2D eigenvalue weighted by atomic mass is 10.1. The minimum atomic E-state index is -1.09. The molecule has 1 amide bonds. The van der Waals surface area contributed by atoms with Crippen molar-refractivity contribution in [2.75, 3.05) is 4.90 Å². The molecule has 30 heavy (non-hydrogen) atoms. The van der Waals surface area contributed by atoms with Crippen LogP contribution in [0.3, 0.4) is 0 Å². The van der Waals surface area contributed by atoms with Crippen LogP contribution in [0.2, 0.25) is 5.02 Å². The highest BCUT2D eigenvalue weighted by molar-refractivity contribution is 6.30. The van der Waals surface area contributed by atoms with E-state index in [2.05, 4.69) is 0 Å². The van der Waals surface area contributed by atoms with E-state index in [1.165, 1.54) is 6.08 Å². The van der Waals surface area contributed by atoms with Crippen LogP contribution in [0.25, 0.3) is 10.8 Å². The number of ether oxygens (including phenoxy) is 2. The van der Waals surface area contributed by atoms with Gasteiger partial charge >= 0.3 is 5.97 Å². The number of halogens is 1. The van der Waals surface area contributed by atoms with Gasteiger partial charge in [-0.05, 0) is 46.7 Å². The molecule has 5 nitrogen and oxygen atoms in total. The summed E-state index contributed by atoms with van der Waals surface area (Å²) in [5, 5.41) is 2.78. The number of fused-ring (bicyclic) bond motifs is 1. The van der Waals surface area contributed by atoms with Crippen molar-refractivity contribution < 1.29 is 19.1 Å². The zero-order valence-electron chi connectivity index (χ0n) is 16.6. The Morgan fingerprint density at radius 2 is 1.70 bits per heavy atom. The zero-order valence-corrected chi connectivity index (χ0v) is 17.3. The minimum Gasteiger partial charge on any atom is -0.445 e. The van der Waals surface area contributed by atoms with Crippen molar-refractivity contribution in [3.05, 3.63) is 89.2 Å². The third kappa shape index (κ3) is 4.31. The Bertz CT molecular complexity index is 1150. The fraction of sp³-hybridized carbons (Fsp3) is 0.167. The maximum atomic E-state index is 13.1. The number of carbonyl (C=O) groups excluding carboxylic acids is 2. The summed E-state index contributed by atoms with van der Waals surface area (Å²) in [5.74, 6) is -2.25. The van der Waals surface area contributed by atoms with E-state index in [-0.39, 0.29) is 5.76 Å². The molecular formula is C24H20ClNO4. The largest absolute Gasteiger partial charge is 0.445 e. The smallest absolute Gasteiger partial charge is 0.377 e. The maximum Gasteiger partial charge on any atom is 0.377 e. The highest BCUT2D eigenvalue weighted by Gasteiger charge is 2.38. The summed E-state index contributed by atoms with van der Waals surface area (Å²) in [6.45, 7) is 3.54. The molecule has 1 aliphatic heterocycles. The first-order valence-corrected chi connectivity index (χ1v) is 9.87. The first-order valence-electron chi connectivity index (χ1n) is 9.49. The van der Waals surface area contributed by atoms with E-state index in [1.807, 2.05) is 42.5 Å². The Kier molecular flexibility index (Phi) is 5.22. The Hall–Kier alpha value is -3.31. The van der Waals surface area contributed by atoms with Crippen molar-refractivity contribution in [1.82, 2.24) is 0 Å². The average molecular weight is 422 g/mol. The summed E-state index contributed by atoms with van der Waals surface area (Å²) in [7, 11) is 0. The number of esters is 1. The van der Waals surface area contributed by atoms with Crippen LogP contribution >= 0.6 is 11.6 Å². The molecule has 0 spiro atoms. The summed E-state index contributed by atoms with van der Waals surface area (Å²) in [6.07, 6.45) is 1.17. The van der Waals surface area contributed by atoms with E-state index < -0.39 is 17.7 Å². The summed E-state index contributed by atoms with van der Waals surface area (Å²) >= 11 is 6.01. The van der Waals surface area contributed by atoms with E-state index in [4.69, 9.17) is 21.1 Å². The molecule has 6 heteroatoms. The van der Waals surface area contributed by atoms with Gasteiger partial charge < -0.3 is 14.4 Å². The molecule has 4 rings (SSSR count). The average Bonchev–Trinajstić information content (AvgIpc) is 2.97. The standard InChI is InChI=1S/C24H20ClNO4/c1-24(2)29-21(23(28)30-24)14-22(27)26(20-11-9-19(25)10-12-20)15-16-7-8-17-5-3-4-6-18(17)13-16/h3-14H,15H2,1-2H3/b21-14-. The molecule has 0 aromatic heterocycles. The minimum absolute atomic E-state index is 0.109. The SMILES string of the molecule is CC1(C)OC(=O)/C(=C/C(=O)N(Cc2ccc3ccccc3c2)c2ccc(Cl)cc2)O1. The molecule has 3 aromatic rings. The van der Waals surface area contributed by atoms with Crippen molar-refractivity contribution in [2.45, 2.75) is 26.2 Å². The van der Waals surface area contributed by atoms with Crippen molar-refractivity contribution in [3.63, 3.8) is 0 Å². The molecule has 152 valence electrons. The maximum absolute atomic E-state index is 13.1. The predicted octanol–water partition coefficient (Wildman–Crippen LogP) is 5.22. The van der Waals surface area contributed by atoms with Gasteiger partial charge in [0.1, 0.15) is 0 Å². The molecule has 1 heterocycles. The number of amides is 1. The second-order valence-corrected chi connectivity index (χ2v) is 7.92. The number of benzene rings is 3. The van der Waals surface area contributed by atoms with E-state index >= 15 is 0 Å². The van der Waals surface area contributed by atoms with Crippen LogP contribution in [-0.4, -0.2) is 17.7 Å². The molecule has 0 saturated carbocycles. The van der Waals surface area contributed by atoms with Crippen molar-refractivity contribution >= 4 is 39.9 Å². The molecule has 1 saturated heterocycles. The van der Waals surface area contributed by atoms with Gasteiger partial charge in [0.25, 0.3) is 5.91 Å². The number of hydrogen-bond donors (Lipinski definition) is 0. The molecule has 0 radical (unpaired) electrons. The predicted molar refractivity (Wildman–Crippen MR) is 116 cm³/mol. The van der Waals surface area contributed by atoms with E-state index in [0.717, 1.165) is 16.3 Å². The monoisotopic (exact) mass is 421 g/mol. The summed E-state index contributed by atoms with van der Waals surface area (Å²) in [6, 6.07) is 21.0. The summed E-state index contributed by atoms with van der Waals surface area (Å²) < 4.78 is 10.6. The molecule has 0 bridgehead atoms. The van der Waals surface area contributed by atoms with Gasteiger partial charge in [0.05, 0.1) is 12.6 Å². The lowest BCUT2D eigenvalue weighted by molar-refractivity contribution is -0.159. The van der Waals surface area contributed by atoms with Crippen molar-refractivity contribution in [1.29, 1.82) is 0 Å². The van der Waals surface area contributed by atoms with Gasteiger partial charge in [-0.15, -0.1) is 0 Å². The number of rotatable bonds is 4. The van der Waals surface area contributed by atoms with Crippen LogP contribution < -0.4 is 4.90 Å². The molecule has 0 unspecified atom stereocenters. The third-order valence-electron chi connectivity index (χ3n) is 4.71. The van der Waals surface area contributed by atoms with E-state index in [1.54, 1.807) is 43.0 Å². The first-order chi connectivity index (χ1) is 14.3. The fourth-order valence-electron chi connectivity index (χ4n) is 3.32. The third-order valence-corrected chi connectivity index (χ3v) is 4.96. The van der Waals surface area contributed by atoms with Gasteiger partial charge in [-0.25, -0.2) is 4.79 Å². The Morgan fingerprint density at radius 1 is 1.00 bits per heavy atom. The van der Waals surface area contributed by atoms with Crippen LogP contribution in [0.4, 0.5) is 5.69 Å². The Labute approximate surface area is 179 Å². The quantitative estimate of drug-likeness (QED) is 0.428. The van der Waals surface area contributed by atoms with Gasteiger partial charge in [0.2, 0.25) is 11.5 Å².